The van der Waals surface area contributed by atoms with Gasteiger partial charge in [-0.15, -0.1) is 0 Å². The van der Waals surface area contributed by atoms with Gasteiger partial charge >= 0.3 is 5.97 Å². The zero-order valence-corrected chi connectivity index (χ0v) is 9.68. The maximum absolute atomic E-state index is 12.8. The molecule has 2 unspecified atom stereocenters. The smallest absolute Gasteiger partial charge is 0.306 e. The van der Waals surface area contributed by atoms with Crippen molar-refractivity contribution in [1.29, 1.82) is 0 Å². The number of rotatable bonds is 3. The molecule has 4 heteroatoms. The number of hydrogen-bond acceptors (Lipinski definition) is 3. The van der Waals surface area contributed by atoms with Gasteiger partial charge < -0.3 is 10.1 Å². The molecule has 1 N–H and O–H groups in total. The van der Waals surface area contributed by atoms with E-state index in [4.69, 9.17) is 4.74 Å². The van der Waals surface area contributed by atoms with Crippen LogP contribution in [-0.2, 0) is 9.53 Å². The van der Waals surface area contributed by atoms with E-state index in [1.807, 2.05) is 20.8 Å². The summed E-state index contributed by atoms with van der Waals surface area (Å²) in [4.78, 5) is 11.4. The molecule has 1 aliphatic heterocycles. The first-order valence-electron chi connectivity index (χ1n) is 5.46. The summed E-state index contributed by atoms with van der Waals surface area (Å²) in [5.41, 5.74) is -0.428. The van der Waals surface area contributed by atoms with Crippen molar-refractivity contribution in [3.8, 4) is 0 Å². The third kappa shape index (κ3) is 5.11. The van der Waals surface area contributed by atoms with E-state index >= 15 is 0 Å². The number of nitrogens with one attached hydrogen (secondary N) is 1. The van der Waals surface area contributed by atoms with Gasteiger partial charge in [-0.3, -0.25) is 4.79 Å². The van der Waals surface area contributed by atoms with Crippen molar-refractivity contribution in [3.05, 3.63) is 0 Å². The number of esters is 1. The minimum Gasteiger partial charge on any atom is -0.460 e. The molecular weight excluding hydrogens is 197 g/mol. The molecule has 2 atom stereocenters. The molecule has 88 valence electrons. The van der Waals surface area contributed by atoms with E-state index in [1.165, 1.54) is 0 Å². The summed E-state index contributed by atoms with van der Waals surface area (Å²) < 4.78 is 18.0. The van der Waals surface area contributed by atoms with Crippen molar-refractivity contribution in [2.75, 3.05) is 6.54 Å². The number of halogens is 1. The van der Waals surface area contributed by atoms with Gasteiger partial charge in [-0.2, -0.15) is 0 Å². The first-order valence-corrected chi connectivity index (χ1v) is 5.46. The van der Waals surface area contributed by atoms with Gasteiger partial charge in [-0.25, -0.2) is 4.39 Å². The van der Waals surface area contributed by atoms with E-state index in [1.54, 1.807) is 0 Å². The Morgan fingerprint density at radius 2 is 2.20 bits per heavy atom. The molecule has 0 aliphatic carbocycles. The van der Waals surface area contributed by atoms with Crippen LogP contribution in [-0.4, -0.2) is 30.3 Å². The van der Waals surface area contributed by atoms with Crippen molar-refractivity contribution in [2.24, 2.45) is 0 Å². The predicted octanol–water partition coefficient (Wildman–Crippen LogP) is 1.81. The molecule has 0 aromatic rings. The van der Waals surface area contributed by atoms with Gasteiger partial charge in [0.1, 0.15) is 11.8 Å². The average molecular weight is 217 g/mol. The molecule has 1 aliphatic rings. The van der Waals surface area contributed by atoms with Gasteiger partial charge in [0.2, 0.25) is 0 Å². The van der Waals surface area contributed by atoms with Gasteiger partial charge in [0.05, 0.1) is 0 Å². The summed E-state index contributed by atoms with van der Waals surface area (Å²) in [6.45, 7) is 5.95. The monoisotopic (exact) mass is 217 g/mol. The molecule has 0 bridgehead atoms. The Bertz CT molecular complexity index is 225. The molecule has 0 aromatic carbocycles. The maximum Gasteiger partial charge on any atom is 0.306 e. The van der Waals surface area contributed by atoms with Gasteiger partial charge in [0, 0.05) is 19.0 Å². The van der Waals surface area contributed by atoms with Crippen molar-refractivity contribution in [1.82, 2.24) is 5.32 Å². The van der Waals surface area contributed by atoms with Crippen molar-refractivity contribution < 1.29 is 13.9 Å². The molecule has 1 fully saturated rings. The second-order valence-electron chi connectivity index (χ2n) is 5.06. The number of ether oxygens (including phenoxy) is 1. The lowest BCUT2D eigenvalue weighted by atomic mass is 10.1. The third-order valence-corrected chi connectivity index (χ3v) is 2.29. The normalized spacial score (nSPS) is 26.7. The first-order chi connectivity index (χ1) is 6.87. The highest BCUT2D eigenvalue weighted by Gasteiger charge is 2.24. The van der Waals surface area contributed by atoms with Crippen LogP contribution in [0.4, 0.5) is 4.39 Å². The topological polar surface area (TPSA) is 38.3 Å². The predicted molar refractivity (Wildman–Crippen MR) is 56.4 cm³/mol. The summed E-state index contributed by atoms with van der Waals surface area (Å²) in [7, 11) is 0. The van der Waals surface area contributed by atoms with Crippen LogP contribution in [0.25, 0.3) is 0 Å². The Morgan fingerprint density at radius 3 is 2.67 bits per heavy atom. The summed E-state index contributed by atoms with van der Waals surface area (Å²) >= 11 is 0. The Labute approximate surface area is 90.4 Å². The highest BCUT2D eigenvalue weighted by Crippen LogP contribution is 2.16. The van der Waals surface area contributed by atoms with Gasteiger partial charge in [-0.1, -0.05) is 0 Å². The Hall–Kier alpha value is -0.640. The van der Waals surface area contributed by atoms with Gasteiger partial charge in [0.25, 0.3) is 0 Å². The second kappa shape index (κ2) is 4.92. The highest BCUT2D eigenvalue weighted by atomic mass is 19.1. The standard InChI is InChI=1S/C11H20FNO2/c1-11(2,3)15-10(14)5-4-9-6-8(12)7-13-9/h8-9,13H,4-7H2,1-3H3. The Balaban J connectivity index is 2.17. The van der Waals surface area contributed by atoms with E-state index in [-0.39, 0.29) is 12.0 Å². The molecule has 15 heavy (non-hydrogen) atoms. The summed E-state index contributed by atoms with van der Waals surface area (Å²) in [5, 5.41) is 3.04. The number of alkyl halides is 1. The lowest BCUT2D eigenvalue weighted by Crippen LogP contribution is -2.26. The van der Waals surface area contributed by atoms with E-state index in [0.717, 1.165) is 0 Å². The fraction of sp³-hybridized carbons (Fsp3) is 0.909. The molecule has 0 amide bonds. The van der Waals surface area contributed by atoms with Crippen LogP contribution in [0.15, 0.2) is 0 Å². The zero-order chi connectivity index (χ0) is 11.5. The number of hydrogen-bond donors (Lipinski definition) is 1. The Kier molecular flexibility index (Phi) is 4.08. The number of carbonyl (C=O) groups excluding carboxylic acids is 1. The zero-order valence-electron chi connectivity index (χ0n) is 9.68. The fourth-order valence-corrected chi connectivity index (χ4v) is 1.67. The average Bonchev–Trinajstić information content (AvgIpc) is 2.45. The molecule has 0 aromatic heterocycles. The van der Waals surface area contributed by atoms with Crippen LogP contribution in [0.5, 0.6) is 0 Å². The SMILES string of the molecule is CC(C)(C)OC(=O)CCC1CC(F)CN1. The van der Waals surface area contributed by atoms with Crippen molar-refractivity contribution in [3.63, 3.8) is 0 Å². The quantitative estimate of drug-likeness (QED) is 0.733. The van der Waals surface area contributed by atoms with E-state index in [9.17, 15) is 9.18 Å². The van der Waals surface area contributed by atoms with Crippen LogP contribution in [0.2, 0.25) is 0 Å². The molecule has 1 heterocycles. The van der Waals surface area contributed by atoms with Crippen molar-refractivity contribution in [2.45, 2.75) is 57.8 Å². The minimum atomic E-state index is -0.756. The molecule has 0 spiro atoms. The summed E-state index contributed by atoms with van der Waals surface area (Å²) in [6.07, 6.45) is 0.786. The van der Waals surface area contributed by atoms with E-state index in [2.05, 4.69) is 5.32 Å². The number of carbonyl (C=O) groups is 1. The van der Waals surface area contributed by atoms with Crippen LogP contribution in [0.3, 0.4) is 0 Å². The fourth-order valence-electron chi connectivity index (χ4n) is 1.67. The summed E-state index contributed by atoms with van der Waals surface area (Å²) in [6, 6.07) is 0.132. The molecular formula is C11H20FNO2. The largest absolute Gasteiger partial charge is 0.460 e. The molecule has 1 saturated heterocycles. The first kappa shape index (κ1) is 12.4. The third-order valence-electron chi connectivity index (χ3n) is 2.29. The van der Waals surface area contributed by atoms with E-state index < -0.39 is 11.8 Å². The molecule has 0 saturated carbocycles. The lowest BCUT2D eigenvalue weighted by molar-refractivity contribution is -0.155. The molecule has 0 radical (unpaired) electrons. The highest BCUT2D eigenvalue weighted by molar-refractivity contribution is 5.69. The van der Waals surface area contributed by atoms with Crippen LogP contribution >= 0.6 is 0 Å². The molecule has 1 rings (SSSR count). The Morgan fingerprint density at radius 1 is 1.53 bits per heavy atom. The van der Waals surface area contributed by atoms with Gasteiger partial charge in [-0.05, 0) is 33.6 Å². The van der Waals surface area contributed by atoms with Crippen LogP contribution in [0.1, 0.15) is 40.0 Å². The molecule has 3 nitrogen and oxygen atoms in total. The van der Waals surface area contributed by atoms with E-state index in [0.29, 0.717) is 25.8 Å². The maximum atomic E-state index is 12.8. The van der Waals surface area contributed by atoms with Crippen molar-refractivity contribution >= 4 is 5.97 Å². The lowest BCUT2D eigenvalue weighted by Gasteiger charge is -2.20. The van der Waals surface area contributed by atoms with Crippen LogP contribution in [0, 0.1) is 0 Å². The van der Waals surface area contributed by atoms with Crippen LogP contribution < -0.4 is 5.32 Å². The minimum absolute atomic E-state index is 0.132. The van der Waals surface area contributed by atoms with Gasteiger partial charge in [0.15, 0.2) is 0 Å². The second-order valence-corrected chi connectivity index (χ2v) is 5.06. The summed E-state index contributed by atoms with van der Waals surface area (Å²) in [5.74, 6) is -0.202.